The number of sulfone groups is 1. The zero-order chi connectivity index (χ0) is 18.2. The average molecular weight is 376 g/mol. The molecule has 0 aliphatic carbocycles. The minimum atomic E-state index is -3.29. The number of hydrogen-bond acceptors (Lipinski definition) is 3. The van der Waals surface area contributed by atoms with Gasteiger partial charge in [0.05, 0.1) is 11.8 Å². The molecule has 1 heterocycles. The van der Waals surface area contributed by atoms with Gasteiger partial charge in [0.25, 0.3) is 5.91 Å². The van der Waals surface area contributed by atoms with E-state index in [0.717, 1.165) is 11.1 Å². The summed E-state index contributed by atoms with van der Waals surface area (Å²) in [5.41, 5.74) is 3.08. The van der Waals surface area contributed by atoms with E-state index in [4.69, 9.17) is 11.6 Å². The molecule has 130 valence electrons. The highest BCUT2D eigenvalue weighted by Crippen LogP contribution is 2.29. The maximum atomic E-state index is 13.2. The Morgan fingerprint density at radius 2 is 1.80 bits per heavy atom. The summed E-state index contributed by atoms with van der Waals surface area (Å²) >= 11 is 5.91. The fraction of sp³-hybridized carbons (Fsp3) is 0.211. The van der Waals surface area contributed by atoms with E-state index in [9.17, 15) is 13.2 Å². The second-order valence-electron chi connectivity index (χ2n) is 6.20. The van der Waals surface area contributed by atoms with Gasteiger partial charge >= 0.3 is 0 Å². The van der Waals surface area contributed by atoms with Gasteiger partial charge in [0, 0.05) is 21.7 Å². The highest BCUT2D eigenvalue weighted by atomic mass is 35.5. The summed E-state index contributed by atoms with van der Waals surface area (Å²) in [6.45, 7) is 3.85. The molecule has 1 atom stereocenters. The Kier molecular flexibility index (Phi) is 4.71. The molecule has 0 bridgehead atoms. The van der Waals surface area contributed by atoms with Crippen molar-refractivity contribution < 1.29 is 13.2 Å². The standard InChI is InChI=1S/C19H18ClNO3S/c1-13-3-4-14(2)18(11-13)21(17-9-10-25(23,24)12-17)19(22)15-5-7-16(20)8-6-15/h3-11,17H,12H2,1-2H3. The lowest BCUT2D eigenvalue weighted by atomic mass is 10.1. The average Bonchev–Trinajstić information content (AvgIpc) is 2.91. The van der Waals surface area contributed by atoms with Gasteiger partial charge in [-0.25, -0.2) is 8.42 Å². The number of carbonyl (C=O) groups excluding carboxylic acids is 1. The third kappa shape index (κ3) is 3.78. The van der Waals surface area contributed by atoms with E-state index < -0.39 is 15.9 Å². The van der Waals surface area contributed by atoms with Gasteiger partial charge in [-0.05, 0) is 61.4 Å². The first-order valence-electron chi connectivity index (χ1n) is 7.84. The number of rotatable bonds is 3. The molecular formula is C19H18ClNO3S. The van der Waals surface area contributed by atoms with Crippen LogP contribution in [0.15, 0.2) is 53.9 Å². The summed E-state index contributed by atoms with van der Waals surface area (Å²) < 4.78 is 23.8. The number of amides is 1. The Bertz CT molecular complexity index is 949. The second-order valence-corrected chi connectivity index (χ2v) is 8.57. The Morgan fingerprint density at radius 1 is 1.12 bits per heavy atom. The van der Waals surface area contributed by atoms with Crippen molar-refractivity contribution in [2.45, 2.75) is 19.9 Å². The molecule has 0 aromatic heterocycles. The van der Waals surface area contributed by atoms with Crippen molar-refractivity contribution in [1.29, 1.82) is 0 Å². The molecule has 0 N–H and O–H groups in total. The van der Waals surface area contributed by atoms with E-state index in [-0.39, 0.29) is 11.7 Å². The molecule has 0 saturated heterocycles. The second kappa shape index (κ2) is 6.65. The van der Waals surface area contributed by atoms with Crippen LogP contribution in [0.1, 0.15) is 21.5 Å². The highest BCUT2D eigenvalue weighted by molar-refractivity contribution is 7.94. The topological polar surface area (TPSA) is 54.5 Å². The van der Waals surface area contributed by atoms with E-state index in [1.165, 1.54) is 5.41 Å². The molecule has 1 aliphatic rings. The lowest BCUT2D eigenvalue weighted by Crippen LogP contribution is -2.41. The normalized spacial score (nSPS) is 18.3. The fourth-order valence-corrected chi connectivity index (χ4v) is 4.26. The summed E-state index contributed by atoms with van der Waals surface area (Å²) in [7, 11) is -3.29. The van der Waals surface area contributed by atoms with Gasteiger partial charge in [0.15, 0.2) is 9.84 Å². The zero-order valence-corrected chi connectivity index (χ0v) is 15.5. The van der Waals surface area contributed by atoms with Crippen LogP contribution in [0.2, 0.25) is 5.02 Å². The van der Waals surface area contributed by atoms with E-state index in [1.807, 2.05) is 32.0 Å². The molecule has 2 aromatic rings. The first-order valence-corrected chi connectivity index (χ1v) is 9.93. The molecule has 0 radical (unpaired) electrons. The monoisotopic (exact) mass is 375 g/mol. The lowest BCUT2D eigenvalue weighted by molar-refractivity contribution is 0.0983. The molecule has 6 heteroatoms. The molecular weight excluding hydrogens is 358 g/mol. The Hall–Kier alpha value is -2.11. The minimum Gasteiger partial charge on any atom is -0.300 e. The molecule has 1 unspecified atom stereocenters. The van der Waals surface area contributed by atoms with Crippen molar-refractivity contribution in [3.63, 3.8) is 0 Å². The van der Waals surface area contributed by atoms with Crippen LogP contribution in [-0.4, -0.2) is 26.1 Å². The molecule has 0 spiro atoms. The van der Waals surface area contributed by atoms with E-state index in [1.54, 1.807) is 35.2 Å². The van der Waals surface area contributed by atoms with Crippen molar-refractivity contribution in [2.24, 2.45) is 0 Å². The maximum Gasteiger partial charge on any atom is 0.258 e. The Morgan fingerprint density at radius 3 is 2.40 bits per heavy atom. The molecule has 0 saturated carbocycles. The van der Waals surface area contributed by atoms with Crippen molar-refractivity contribution in [2.75, 3.05) is 10.7 Å². The first-order chi connectivity index (χ1) is 11.8. The van der Waals surface area contributed by atoms with Crippen LogP contribution >= 0.6 is 11.6 Å². The predicted molar refractivity (Wildman–Crippen MR) is 101 cm³/mol. The smallest absolute Gasteiger partial charge is 0.258 e. The van der Waals surface area contributed by atoms with Gasteiger partial charge in [0.2, 0.25) is 0 Å². The van der Waals surface area contributed by atoms with Crippen LogP contribution in [0.4, 0.5) is 5.69 Å². The van der Waals surface area contributed by atoms with Crippen molar-refractivity contribution in [3.8, 4) is 0 Å². The molecule has 2 aromatic carbocycles. The molecule has 1 amide bonds. The number of benzene rings is 2. The van der Waals surface area contributed by atoms with Crippen molar-refractivity contribution in [1.82, 2.24) is 0 Å². The quantitative estimate of drug-likeness (QED) is 0.817. The van der Waals surface area contributed by atoms with E-state index >= 15 is 0 Å². The van der Waals surface area contributed by atoms with Gasteiger partial charge in [-0.2, -0.15) is 0 Å². The first kappa shape index (κ1) is 17.7. The van der Waals surface area contributed by atoms with Crippen LogP contribution in [0, 0.1) is 13.8 Å². The largest absolute Gasteiger partial charge is 0.300 e. The fourth-order valence-electron chi connectivity index (χ4n) is 2.87. The Balaban J connectivity index is 2.09. The van der Waals surface area contributed by atoms with Crippen molar-refractivity contribution >= 4 is 33.0 Å². The van der Waals surface area contributed by atoms with Gasteiger partial charge in [-0.1, -0.05) is 23.7 Å². The van der Waals surface area contributed by atoms with Crippen LogP contribution in [0.5, 0.6) is 0 Å². The van der Waals surface area contributed by atoms with Gasteiger partial charge in [-0.15, -0.1) is 0 Å². The maximum absolute atomic E-state index is 13.2. The van der Waals surface area contributed by atoms with Crippen LogP contribution in [0.3, 0.4) is 0 Å². The van der Waals surface area contributed by atoms with E-state index in [0.29, 0.717) is 16.3 Å². The van der Waals surface area contributed by atoms with Crippen LogP contribution < -0.4 is 4.90 Å². The number of carbonyl (C=O) groups is 1. The summed E-state index contributed by atoms with van der Waals surface area (Å²) in [5.74, 6) is -0.364. The van der Waals surface area contributed by atoms with Gasteiger partial charge in [0.1, 0.15) is 0 Å². The lowest BCUT2D eigenvalue weighted by Gasteiger charge is -2.29. The summed E-state index contributed by atoms with van der Waals surface area (Å²) in [5, 5.41) is 1.73. The van der Waals surface area contributed by atoms with E-state index in [2.05, 4.69) is 0 Å². The summed E-state index contributed by atoms with van der Waals surface area (Å²) in [6, 6.07) is 11.9. The molecule has 25 heavy (non-hydrogen) atoms. The molecule has 1 aliphatic heterocycles. The third-order valence-corrected chi connectivity index (χ3v) is 5.81. The molecule has 4 nitrogen and oxygen atoms in total. The third-order valence-electron chi connectivity index (χ3n) is 4.18. The zero-order valence-electron chi connectivity index (χ0n) is 13.9. The predicted octanol–water partition coefficient (Wildman–Crippen LogP) is 3.91. The summed E-state index contributed by atoms with van der Waals surface area (Å²) in [4.78, 5) is 14.7. The number of hydrogen-bond donors (Lipinski definition) is 0. The van der Waals surface area contributed by atoms with Gasteiger partial charge in [-0.3, -0.25) is 4.79 Å². The summed E-state index contributed by atoms with van der Waals surface area (Å²) in [6.07, 6.45) is 1.57. The Labute approximate surface area is 152 Å². The molecule has 3 rings (SSSR count). The molecule has 0 fully saturated rings. The van der Waals surface area contributed by atoms with Gasteiger partial charge < -0.3 is 4.90 Å². The number of nitrogens with zero attached hydrogens (tertiary/aromatic N) is 1. The van der Waals surface area contributed by atoms with Crippen LogP contribution in [-0.2, 0) is 9.84 Å². The highest BCUT2D eigenvalue weighted by Gasteiger charge is 2.32. The minimum absolute atomic E-state index is 0.111. The number of aryl methyl sites for hydroxylation is 2. The van der Waals surface area contributed by atoms with Crippen LogP contribution in [0.25, 0.3) is 0 Å². The van der Waals surface area contributed by atoms with Crippen molar-refractivity contribution in [3.05, 3.63) is 75.7 Å². The SMILES string of the molecule is Cc1ccc(C)c(N(C(=O)c2ccc(Cl)cc2)C2C=CS(=O)(=O)C2)c1. The number of halogens is 1. The number of anilines is 1.